The molecule has 0 aromatic carbocycles. The molecule has 0 amide bonds. The van der Waals surface area contributed by atoms with Gasteiger partial charge in [-0.15, -0.1) is 0 Å². The van der Waals surface area contributed by atoms with Crippen molar-refractivity contribution in [2.24, 2.45) is 0 Å². The summed E-state index contributed by atoms with van der Waals surface area (Å²) in [7, 11) is 0. The number of rotatable bonds is 1. The fraction of sp³-hybridized carbons (Fsp3) is 0.500. The van der Waals surface area contributed by atoms with E-state index in [9.17, 15) is 0 Å². The van der Waals surface area contributed by atoms with Crippen LogP contribution in [0.3, 0.4) is 0 Å². The molecule has 0 aliphatic heterocycles. The molecule has 0 saturated heterocycles. The Morgan fingerprint density at radius 2 is 1.93 bits per heavy atom. The van der Waals surface area contributed by atoms with E-state index < -0.39 is 0 Å². The summed E-state index contributed by atoms with van der Waals surface area (Å²) in [5.41, 5.74) is 3.55. The quantitative estimate of drug-likeness (QED) is 0.676. The molecular weight excluding hydrogens is 172 g/mol. The van der Waals surface area contributed by atoms with Gasteiger partial charge in [0.25, 0.3) is 0 Å². The SMILES string of the molecule is Cc1cncc(C=C2CCCCC2)n1. The van der Waals surface area contributed by atoms with E-state index in [1.807, 2.05) is 13.1 Å². The molecule has 0 spiro atoms. The molecule has 2 heteroatoms. The van der Waals surface area contributed by atoms with Crippen molar-refractivity contribution in [1.29, 1.82) is 0 Å². The highest BCUT2D eigenvalue weighted by molar-refractivity contribution is 5.48. The van der Waals surface area contributed by atoms with Gasteiger partial charge in [0.1, 0.15) is 0 Å². The first-order valence-corrected chi connectivity index (χ1v) is 5.33. The lowest BCUT2D eigenvalue weighted by Crippen LogP contribution is -1.95. The smallest absolute Gasteiger partial charge is 0.0815 e. The Balaban J connectivity index is 2.15. The van der Waals surface area contributed by atoms with E-state index in [1.165, 1.54) is 37.7 Å². The van der Waals surface area contributed by atoms with Gasteiger partial charge in [0.05, 0.1) is 17.6 Å². The van der Waals surface area contributed by atoms with Crippen LogP contribution in [-0.4, -0.2) is 9.97 Å². The molecule has 1 saturated carbocycles. The lowest BCUT2D eigenvalue weighted by molar-refractivity contribution is 0.602. The van der Waals surface area contributed by atoms with Crippen molar-refractivity contribution in [3.05, 3.63) is 29.4 Å². The molecule has 1 aliphatic rings. The van der Waals surface area contributed by atoms with Crippen LogP contribution in [0.5, 0.6) is 0 Å². The fourth-order valence-corrected chi connectivity index (χ4v) is 1.91. The van der Waals surface area contributed by atoms with E-state index in [0.717, 1.165) is 11.4 Å². The van der Waals surface area contributed by atoms with E-state index in [0.29, 0.717) is 0 Å². The van der Waals surface area contributed by atoms with Gasteiger partial charge in [0, 0.05) is 6.20 Å². The summed E-state index contributed by atoms with van der Waals surface area (Å²) >= 11 is 0. The molecule has 0 bridgehead atoms. The number of nitrogens with zero attached hydrogens (tertiary/aromatic N) is 2. The van der Waals surface area contributed by atoms with Crippen LogP contribution in [-0.2, 0) is 0 Å². The summed E-state index contributed by atoms with van der Waals surface area (Å²) in [5, 5.41) is 0. The van der Waals surface area contributed by atoms with Gasteiger partial charge >= 0.3 is 0 Å². The van der Waals surface area contributed by atoms with Crippen LogP contribution in [0.4, 0.5) is 0 Å². The van der Waals surface area contributed by atoms with Crippen LogP contribution in [0.25, 0.3) is 6.08 Å². The molecule has 1 fully saturated rings. The zero-order valence-electron chi connectivity index (χ0n) is 8.66. The molecule has 1 aliphatic carbocycles. The maximum atomic E-state index is 4.43. The van der Waals surface area contributed by atoms with Gasteiger partial charge in [-0.1, -0.05) is 12.0 Å². The molecule has 14 heavy (non-hydrogen) atoms. The van der Waals surface area contributed by atoms with Crippen LogP contribution in [0.2, 0.25) is 0 Å². The summed E-state index contributed by atoms with van der Waals surface area (Å²) in [6, 6.07) is 0. The minimum Gasteiger partial charge on any atom is -0.261 e. The highest BCUT2D eigenvalue weighted by atomic mass is 14.8. The second-order valence-electron chi connectivity index (χ2n) is 3.95. The summed E-state index contributed by atoms with van der Waals surface area (Å²) < 4.78 is 0. The predicted octanol–water partition coefficient (Wildman–Crippen LogP) is 3.13. The van der Waals surface area contributed by atoms with Crippen molar-refractivity contribution >= 4 is 6.08 Å². The van der Waals surface area contributed by atoms with Gasteiger partial charge < -0.3 is 0 Å². The first kappa shape index (κ1) is 9.38. The molecule has 1 heterocycles. The molecular formula is C12H16N2. The Morgan fingerprint density at radius 3 is 2.64 bits per heavy atom. The molecule has 2 rings (SSSR count). The average molecular weight is 188 g/mol. The number of hydrogen-bond donors (Lipinski definition) is 0. The molecule has 74 valence electrons. The number of allylic oxidation sites excluding steroid dienone is 1. The first-order chi connectivity index (χ1) is 6.84. The zero-order valence-corrected chi connectivity index (χ0v) is 8.66. The second kappa shape index (κ2) is 4.36. The van der Waals surface area contributed by atoms with Gasteiger partial charge in [-0.2, -0.15) is 0 Å². The Morgan fingerprint density at radius 1 is 1.14 bits per heavy atom. The highest BCUT2D eigenvalue weighted by Gasteiger charge is 2.05. The normalized spacial score (nSPS) is 16.8. The molecule has 1 aromatic rings. The number of aromatic nitrogens is 2. The minimum atomic E-state index is 0.996. The van der Waals surface area contributed by atoms with Crippen molar-refractivity contribution in [2.75, 3.05) is 0 Å². The fourth-order valence-electron chi connectivity index (χ4n) is 1.91. The van der Waals surface area contributed by atoms with Crippen molar-refractivity contribution in [2.45, 2.75) is 39.0 Å². The summed E-state index contributed by atoms with van der Waals surface area (Å²) in [6.07, 6.45) is 12.4. The van der Waals surface area contributed by atoms with Gasteiger partial charge in [0.15, 0.2) is 0 Å². The van der Waals surface area contributed by atoms with E-state index in [2.05, 4.69) is 16.0 Å². The second-order valence-corrected chi connectivity index (χ2v) is 3.95. The maximum absolute atomic E-state index is 4.43. The lowest BCUT2D eigenvalue weighted by atomic mass is 9.94. The van der Waals surface area contributed by atoms with Gasteiger partial charge in [0.2, 0.25) is 0 Å². The third-order valence-corrected chi connectivity index (χ3v) is 2.62. The molecule has 0 radical (unpaired) electrons. The van der Waals surface area contributed by atoms with Crippen LogP contribution < -0.4 is 0 Å². The molecule has 0 atom stereocenters. The summed E-state index contributed by atoms with van der Waals surface area (Å²) in [6.45, 7) is 1.98. The minimum absolute atomic E-state index is 0.996. The molecule has 0 N–H and O–H groups in total. The predicted molar refractivity (Wildman–Crippen MR) is 57.8 cm³/mol. The topological polar surface area (TPSA) is 25.8 Å². The molecule has 1 aromatic heterocycles. The standard InChI is InChI=1S/C12H16N2/c1-10-8-13-9-12(14-10)7-11-5-3-2-4-6-11/h7-9H,2-6H2,1H3. The first-order valence-electron chi connectivity index (χ1n) is 5.33. The van der Waals surface area contributed by atoms with Gasteiger partial charge in [-0.3, -0.25) is 9.97 Å². The van der Waals surface area contributed by atoms with E-state index in [4.69, 9.17) is 0 Å². The average Bonchev–Trinajstić information content (AvgIpc) is 2.19. The van der Waals surface area contributed by atoms with E-state index in [-0.39, 0.29) is 0 Å². The number of hydrogen-bond acceptors (Lipinski definition) is 2. The van der Waals surface area contributed by atoms with E-state index in [1.54, 1.807) is 6.20 Å². The largest absolute Gasteiger partial charge is 0.261 e. The third-order valence-electron chi connectivity index (χ3n) is 2.62. The zero-order chi connectivity index (χ0) is 9.80. The van der Waals surface area contributed by atoms with Crippen LogP contribution >= 0.6 is 0 Å². The van der Waals surface area contributed by atoms with Crippen LogP contribution in [0, 0.1) is 6.92 Å². The molecule has 2 nitrogen and oxygen atoms in total. The summed E-state index contributed by atoms with van der Waals surface area (Å²) in [5.74, 6) is 0. The van der Waals surface area contributed by atoms with Gasteiger partial charge in [-0.25, -0.2) is 0 Å². The van der Waals surface area contributed by atoms with Crippen molar-refractivity contribution in [3.63, 3.8) is 0 Å². The van der Waals surface area contributed by atoms with Crippen molar-refractivity contribution in [3.8, 4) is 0 Å². The van der Waals surface area contributed by atoms with Crippen LogP contribution in [0.15, 0.2) is 18.0 Å². The molecule has 0 unspecified atom stereocenters. The Kier molecular flexibility index (Phi) is 2.92. The van der Waals surface area contributed by atoms with Crippen LogP contribution in [0.1, 0.15) is 43.5 Å². The third kappa shape index (κ3) is 2.41. The van der Waals surface area contributed by atoms with Crippen molar-refractivity contribution in [1.82, 2.24) is 9.97 Å². The summed E-state index contributed by atoms with van der Waals surface area (Å²) in [4.78, 5) is 8.57. The lowest BCUT2D eigenvalue weighted by Gasteiger charge is -2.12. The Bertz CT molecular complexity index is 334. The number of aryl methyl sites for hydroxylation is 1. The monoisotopic (exact) mass is 188 g/mol. The Labute approximate surface area is 85.1 Å². The Hall–Kier alpha value is -1.18. The van der Waals surface area contributed by atoms with Gasteiger partial charge in [-0.05, 0) is 38.7 Å². The van der Waals surface area contributed by atoms with E-state index >= 15 is 0 Å². The maximum Gasteiger partial charge on any atom is 0.0815 e. The van der Waals surface area contributed by atoms with Crippen molar-refractivity contribution < 1.29 is 0 Å². The highest BCUT2D eigenvalue weighted by Crippen LogP contribution is 2.24.